The fourth-order valence-electron chi connectivity index (χ4n) is 3.35. The van der Waals surface area contributed by atoms with Gasteiger partial charge >= 0.3 is 0 Å². The molecular formula is C15H18Cl3N3OS2. The van der Waals surface area contributed by atoms with Crippen molar-refractivity contribution in [3.05, 3.63) is 27.5 Å². The van der Waals surface area contributed by atoms with E-state index < -0.39 is 0 Å². The molecule has 0 aromatic carbocycles. The summed E-state index contributed by atoms with van der Waals surface area (Å²) in [4.78, 5) is 17.9. The van der Waals surface area contributed by atoms with Crippen molar-refractivity contribution in [2.24, 2.45) is 0 Å². The lowest BCUT2D eigenvalue weighted by Gasteiger charge is -2.29. The lowest BCUT2D eigenvalue weighted by Crippen LogP contribution is -2.48. The molecule has 2 aliphatic heterocycles. The lowest BCUT2D eigenvalue weighted by molar-refractivity contribution is 0.0919. The summed E-state index contributed by atoms with van der Waals surface area (Å²) < 4.78 is 0.737. The highest BCUT2D eigenvalue weighted by atomic mass is 35.5. The van der Waals surface area contributed by atoms with Crippen LogP contribution in [0.15, 0.2) is 17.5 Å². The highest BCUT2D eigenvalue weighted by Gasteiger charge is 2.34. The normalized spacial score (nSPS) is 24.8. The van der Waals surface area contributed by atoms with Crippen molar-refractivity contribution in [1.82, 2.24) is 15.6 Å². The van der Waals surface area contributed by atoms with E-state index >= 15 is 0 Å². The van der Waals surface area contributed by atoms with Crippen molar-refractivity contribution in [3.8, 4) is 9.88 Å². The Labute approximate surface area is 166 Å². The number of piperidine rings is 1. The summed E-state index contributed by atoms with van der Waals surface area (Å²) in [5, 5.41) is 9.42. The predicted molar refractivity (Wildman–Crippen MR) is 105 cm³/mol. The number of hydrogen-bond acceptors (Lipinski definition) is 5. The summed E-state index contributed by atoms with van der Waals surface area (Å²) >= 11 is 8.92. The van der Waals surface area contributed by atoms with Crippen molar-refractivity contribution < 1.29 is 4.79 Å². The molecule has 0 radical (unpaired) electrons. The quantitative estimate of drug-likeness (QED) is 0.765. The van der Waals surface area contributed by atoms with Crippen molar-refractivity contribution >= 4 is 65.0 Å². The summed E-state index contributed by atoms with van der Waals surface area (Å²) in [5.41, 5.74) is 0.510. The number of aromatic nitrogens is 1. The van der Waals surface area contributed by atoms with Gasteiger partial charge in [0, 0.05) is 23.5 Å². The van der Waals surface area contributed by atoms with Gasteiger partial charge in [-0.1, -0.05) is 11.6 Å². The molecule has 0 saturated carbocycles. The van der Waals surface area contributed by atoms with E-state index in [-0.39, 0.29) is 36.8 Å². The second-order valence-electron chi connectivity index (χ2n) is 5.92. The molecule has 4 nitrogen and oxygen atoms in total. The third-order valence-electron chi connectivity index (χ3n) is 4.33. The van der Waals surface area contributed by atoms with E-state index in [1.165, 1.54) is 35.5 Å². The zero-order valence-corrected chi connectivity index (χ0v) is 16.7. The Kier molecular flexibility index (Phi) is 6.93. The first-order valence-corrected chi connectivity index (χ1v) is 9.53. The van der Waals surface area contributed by atoms with E-state index in [0.717, 1.165) is 27.1 Å². The molecule has 2 saturated heterocycles. The third-order valence-corrected chi connectivity index (χ3v) is 6.57. The standard InChI is InChI=1S/C15H16ClN3OS2.2ClH/c16-13-4-3-12(22-13)15-19-11(7-21-15)14(20)18-10-5-8-1-2-9(6-10)17-8;;/h3-4,7-10,17H,1-2,5-6H2,(H,18,20);2*1H. The number of halogens is 3. The molecule has 132 valence electrons. The molecule has 2 atom stereocenters. The minimum Gasteiger partial charge on any atom is -0.348 e. The smallest absolute Gasteiger partial charge is 0.270 e. The first-order valence-electron chi connectivity index (χ1n) is 7.45. The fourth-order valence-corrected chi connectivity index (χ4v) is 5.27. The topological polar surface area (TPSA) is 54.0 Å². The molecule has 2 N–H and O–H groups in total. The number of nitrogens with zero attached hydrogens (tertiary/aromatic N) is 1. The van der Waals surface area contributed by atoms with E-state index in [9.17, 15) is 4.79 Å². The molecule has 1 amide bonds. The molecule has 2 unspecified atom stereocenters. The van der Waals surface area contributed by atoms with Crippen LogP contribution in [0.4, 0.5) is 0 Å². The van der Waals surface area contributed by atoms with Crippen LogP contribution in [0.3, 0.4) is 0 Å². The van der Waals surface area contributed by atoms with E-state index in [4.69, 9.17) is 11.6 Å². The first kappa shape index (κ1) is 19.9. The zero-order chi connectivity index (χ0) is 15.1. The van der Waals surface area contributed by atoms with Crippen LogP contribution in [0.5, 0.6) is 0 Å². The number of thiazole rings is 1. The monoisotopic (exact) mass is 425 g/mol. The summed E-state index contributed by atoms with van der Waals surface area (Å²) in [6.45, 7) is 0. The van der Waals surface area contributed by atoms with Gasteiger partial charge in [0.2, 0.25) is 0 Å². The minimum atomic E-state index is -0.0588. The second-order valence-corrected chi connectivity index (χ2v) is 8.49. The molecule has 0 spiro atoms. The fraction of sp³-hybridized carbons (Fsp3) is 0.467. The van der Waals surface area contributed by atoms with Crippen molar-refractivity contribution in [2.45, 2.75) is 43.8 Å². The maximum atomic E-state index is 12.4. The van der Waals surface area contributed by atoms with Crippen LogP contribution in [-0.2, 0) is 0 Å². The van der Waals surface area contributed by atoms with Crippen molar-refractivity contribution in [3.63, 3.8) is 0 Å². The van der Waals surface area contributed by atoms with Crippen LogP contribution in [0.25, 0.3) is 9.88 Å². The number of carbonyl (C=O) groups excluding carboxylic acids is 1. The van der Waals surface area contributed by atoms with Gasteiger partial charge in [0.25, 0.3) is 5.91 Å². The summed E-state index contributed by atoms with van der Waals surface area (Å²) in [6.07, 6.45) is 4.52. The van der Waals surface area contributed by atoms with E-state index in [2.05, 4.69) is 15.6 Å². The van der Waals surface area contributed by atoms with Gasteiger partial charge in [0.1, 0.15) is 10.7 Å². The Hall–Kier alpha value is -0.370. The number of fused-ring (bicyclic) bond motifs is 2. The maximum Gasteiger partial charge on any atom is 0.270 e. The highest BCUT2D eigenvalue weighted by molar-refractivity contribution is 7.23. The molecule has 2 aliphatic rings. The van der Waals surface area contributed by atoms with Gasteiger partial charge in [-0.15, -0.1) is 47.5 Å². The van der Waals surface area contributed by atoms with E-state index in [0.29, 0.717) is 17.8 Å². The van der Waals surface area contributed by atoms with E-state index in [1.54, 1.807) is 0 Å². The first-order chi connectivity index (χ1) is 10.7. The van der Waals surface area contributed by atoms with Crippen LogP contribution in [0.2, 0.25) is 4.34 Å². The number of nitrogens with one attached hydrogen (secondary N) is 2. The number of hydrogen-bond donors (Lipinski definition) is 2. The van der Waals surface area contributed by atoms with Crippen molar-refractivity contribution in [1.29, 1.82) is 0 Å². The molecule has 2 aromatic heterocycles. The minimum absolute atomic E-state index is 0. The van der Waals surface area contributed by atoms with Gasteiger partial charge in [-0.25, -0.2) is 4.98 Å². The van der Waals surface area contributed by atoms with Gasteiger partial charge in [-0.05, 0) is 37.8 Å². The molecular weight excluding hydrogens is 409 g/mol. The van der Waals surface area contributed by atoms with Gasteiger partial charge in [0.05, 0.1) is 9.21 Å². The summed E-state index contributed by atoms with van der Waals surface area (Å²) in [5.74, 6) is -0.0588. The van der Waals surface area contributed by atoms with Gasteiger partial charge in [0.15, 0.2) is 0 Å². The maximum absolute atomic E-state index is 12.4. The van der Waals surface area contributed by atoms with Crippen LogP contribution in [-0.4, -0.2) is 29.0 Å². The van der Waals surface area contributed by atoms with E-state index in [1.807, 2.05) is 17.5 Å². The van der Waals surface area contributed by atoms with Crippen LogP contribution >= 0.6 is 59.1 Å². The molecule has 9 heteroatoms. The second kappa shape index (κ2) is 8.34. The molecule has 4 rings (SSSR count). The Morgan fingerprint density at radius 1 is 1.25 bits per heavy atom. The molecule has 4 heterocycles. The Morgan fingerprint density at radius 2 is 1.96 bits per heavy atom. The number of amides is 1. The summed E-state index contributed by atoms with van der Waals surface area (Å²) in [6, 6.07) is 5.21. The number of rotatable bonds is 3. The van der Waals surface area contributed by atoms with Crippen LogP contribution in [0.1, 0.15) is 36.2 Å². The Balaban J connectivity index is 0.00000104. The Morgan fingerprint density at radius 3 is 2.58 bits per heavy atom. The third kappa shape index (κ3) is 4.23. The number of carbonyl (C=O) groups is 1. The van der Waals surface area contributed by atoms with Crippen LogP contribution in [0, 0.1) is 0 Å². The molecule has 0 aliphatic carbocycles. The zero-order valence-electron chi connectivity index (χ0n) is 12.7. The predicted octanol–water partition coefficient (Wildman–Crippen LogP) is 4.38. The molecule has 2 aromatic rings. The van der Waals surface area contributed by atoms with Gasteiger partial charge in [-0.3, -0.25) is 4.79 Å². The SMILES string of the molecule is Cl.Cl.O=C(NC1CC2CCC(C1)N2)c1csc(-c2ccc(Cl)s2)n1. The van der Waals surface area contributed by atoms with Crippen molar-refractivity contribution in [2.75, 3.05) is 0 Å². The molecule has 2 bridgehead atoms. The van der Waals surface area contributed by atoms with Gasteiger partial charge < -0.3 is 10.6 Å². The Bertz CT molecular complexity index is 694. The summed E-state index contributed by atoms with van der Waals surface area (Å²) in [7, 11) is 0. The average molecular weight is 427 g/mol. The highest BCUT2D eigenvalue weighted by Crippen LogP contribution is 2.33. The molecule has 2 fully saturated rings. The lowest BCUT2D eigenvalue weighted by atomic mass is 10.00. The number of thiophene rings is 1. The van der Waals surface area contributed by atoms with Gasteiger partial charge in [-0.2, -0.15) is 0 Å². The average Bonchev–Trinajstić information content (AvgIpc) is 3.19. The largest absolute Gasteiger partial charge is 0.348 e. The molecule has 24 heavy (non-hydrogen) atoms. The van der Waals surface area contributed by atoms with Crippen LogP contribution < -0.4 is 10.6 Å².